The number of aryl methyl sites for hydroxylation is 2. The lowest BCUT2D eigenvalue weighted by Gasteiger charge is -2.19. The van der Waals surface area contributed by atoms with Crippen LogP contribution in [0.3, 0.4) is 0 Å². The van der Waals surface area contributed by atoms with Gasteiger partial charge in [0, 0.05) is 4.90 Å². The third kappa shape index (κ3) is 4.30. The summed E-state index contributed by atoms with van der Waals surface area (Å²) in [6, 6.07) is 5.46. The van der Waals surface area contributed by atoms with E-state index in [1.807, 2.05) is 6.07 Å². The molecular formula is C19H23N3O5S. The molecule has 1 fully saturated rings. The number of amides is 4. The van der Waals surface area contributed by atoms with Gasteiger partial charge in [0.1, 0.15) is 5.54 Å². The normalized spacial score (nSPS) is 20.7. The van der Waals surface area contributed by atoms with E-state index < -0.39 is 36.0 Å². The Morgan fingerprint density at radius 1 is 1.29 bits per heavy atom. The Morgan fingerprint density at radius 2 is 2.04 bits per heavy atom. The predicted molar refractivity (Wildman–Crippen MR) is 102 cm³/mol. The van der Waals surface area contributed by atoms with Gasteiger partial charge in [0.15, 0.2) is 6.61 Å². The Hall–Kier alpha value is -2.55. The van der Waals surface area contributed by atoms with E-state index in [0.717, 1.165) is 24.2 Å². The van der Waals surface area contributed by atoms with Crippen LogP contribution in [0.1, 0.15) is 37.8 Å². The van der Waals surface area contributed by atoms with Gasteiger partial charge in [-0.25, -0.2) is 4.79 Å². The summed E-state index contributed by atoms with van der Waals surface area (Å²) >= 11 is 1.35. The van der Waals surface area contributed by atoms with Gasteiger partial charge in [-0.3, -0.25) is 19.8 Å². The van der Waals surface area contributed by atoms with Crippen LogP contribution in [0.4, 0.5) is 4.79 Å². The first-order valence-electron chi connectivity index (χ1n) is 9.19. The van der Waals surface area contributed by atoms with Crippen LogP contribution in [-0.4, -0.2) is 46.7 Å². The summed E-state index contributed by atoms with van der Waals surface area (Å²) in [6.07, 6.45) is 3.72. The summed E-state index contributed by atoms with van der Waals surface area (Å²) in [7, 11) is 0. The van der Waals surface area contributed by atoms with Crippen LogP contribution < -0.4 is 10.7 Å². The van der Waals surface area contributed by atoms with Crippen molar-refractivity contribution in [3.8, 4) is 0 Å². The molecule has 0 radical (unpaired) electrons. The average Bonchev–Trinajstić information content (AvgIpc) is 3.23. The molecule has 0 bridgehead atoms. The molecule has 1 aliphatic heterocycles. The lowest BCUT2D eigenvalue weighted by molar-refractivity contribution is -0.148. The van der Waals surface area contributed by atoms with Crippen molar-refractivity contribution in [2.45, 2.75) is 50.0 Å². The monoisotopic (exact) mass is 405 g/mol. The summed E-state index contributed by atoms with van der Waals surface area (Å²) in [5.74, 6) is -1.77. The van der Waals surface area contributed by atoms with E-state index in [1.165, 1.54) is 22.9 Å². The molecule has 9 heteroatoms. The number of nitrogens with zero attached hydrogens (tertiary/aromatic N) is 1. The number of benzene rings is 1. The number of carbonyl (C=O) groups is 4. The second-order valence-electron chi connectivity index (χ2n) is 7.02. The highest BCUT2D eigenvalue weighted by Crippen LogP contribution is 2.27. The van der Waals surface area contributed by atoms with Crippen molar-refractivity contribution in [1.29, 1.82) is 0 Å². The maximum atomic E-state index is 12.2. The Morgan fingerprint density at radius 3 is 2.75 bits per heavy atom. The van der Waals surface area contributed by atoms with Crippen LogP contribution in [0.15, 0.2) is 23.1 Å². The van der Waals surface area contributed by atoms with Crippen molar-refractivity contribution in [1.82, 2.24) is 15.8 Å². The zero-order valence-electron chi connectivity index (χ0n) is 15.9. The smallest absolute Gasteiger partial charge is 0.344 e. The molecular weight excluding hydrogens is 382 g/mol. The zero-order chi connectivity index (χ0) is 20.3. The Balaban J connectivity index is 1.42. The summed E-state index contributed by atoms with van der Waals surface area (Å²) in [5.41, 5.74) is 3.81. The van der Waals surface area contributed by atoms with E-state index in [0.29, 0.717) is 11.4 Å². The third-order valence-corrected chi connectivity index (χ3v) is 5.96. The van der Waals surface area contributed by atoms with Crippen LogP contribution >= 0.6 is 11.8 Å². The first kappa shape index (κ1) is 20.2. The fraction of sp³-hybridized carbons (Fsp3) is 0.474. The van der Waals surface area contributed by atoms with Crippen LogP contribution in [-0.2, 0) is 32.0 Å². The number of fused-ring (bicyclic) bond motifs is 1. The Labute approximate surface area is 167 Å². The van der Waals surface area contributed by atoms with Gasteiger partial charge in [-0.2, -0.15) is 5.01 Å². The Bertz CT molecular complexity index is 828. The molecule has 1 aromatic rings. The second kappa shape index (κ2) is 8.22. The Kier molecular flexibility index (Phi) is 5.93. The fourth-order valence-corrected chi connectivity index (χ4v) is 3.91. The van der Waals surface area contributed by atoms with E-state index in [-0.39, 0.29) is 5.75 Å². The van der Waals surface area contributed by atoms with Crippen molar-refractivity contribution in [2.75, 3.05) is 12.4 Å². The van der Waals surface area contributed by atoms with Crippen LogP contribution in [0, 0.1) is 0 Å². The molecule has 4 amide bonds. The van der Waals surface area contributed by atoms with E-state index in [2.05, 4.69) is 22.9 Å². The molecule has 0 aromatic heterocycles. The summed E-state index contributed by atoms with van der Waals surface area (Å²) < 4.78 is 4.94. The molecule has 1 aromatic carbocycles. The maximum absolute atomic E-state index is 12.2. The highest BCUT2D eigenvalue weighted by Gasteiger charge is 2.47. The van der Waals surface area contributed by atoms with Crippen molar-refractivity contribution < 1.29 is 23.9 Å². The molecule has 2 N–H and O–H groups in total. The largest absolute Gasteiger partial charge is 0.455 e. The van der Waals surface area contributed by atoms with E-state index in [1.54, 1.807) is 13.8 Å². The summed E-state index contributed by atoms with van der Waals surface area (Å²) in [6.45, 7) is 2.77. The lowest BCUT2D eigenvalue weighted by Crippen LogP contribution is -2.49. The molecule has 2 aliphatic rings. The molecule has 8 nitrogen and oxygen atoms in total. The van der Waals surface area contributed by atoms with Crippen molar-refractivity contribution in [3.05, 3.63) is 29.3 Å². The van der Waals surface area contributed by atoms with Gasteiger partial charge < -0.3 is 10.1 Å². The standard InChI is InChI=1S/C19H23N3O5S/c1-3-19(2)17(25)22(18(26)20-19)21-15(23)10-27-16(24)11-28-14-8-7-12-5-4-6-13(12)9-14/h7-9H,3-6,10-11H2,1-2H3,(H,20,26)(H,21,23). The van der Waals surface area contributed by atoms with Crippen LogP contribution in [0.2, 0.25) is 0 Å². The summed E-state index contributed by atoms with van der Waals surface area (Å²) in [5, 5.41) is 3.14. The fourth-order valence-electron chi connectivity index (χ4n) is 3.15. The third-order valence-electron chi connectivity index (χ3n) is 5.00. The molecule has 150 valence electrons. The number of thioether (sulfide) groups is 1. The van der Waals surface area contributed by atoms with Crippen molar-refractivity contribution in [3.63, 3.8) is 0 Å². The molecule has 1 saturated heterocycles. The van der Waals surface area contributed by atoms with Gasteiger partial charge >= 0.3 is 12.0 Å². The molecule has 1 aliphatic carbocycles. The number of imide groups is 1. The predicted octanol–water partition coefficient (Wildman–Crippen LogP) is 1.56. The number of esters is 1. The highest BCUT2D eigenvalue weighted by molar-refractivity contribution is 8.00. The molecule has 0 spiro atoms. The van der Waals surface area contributed by atoms with Gasteiger partial charge in [-0.1, -0.05) is 13.0 Å². The second-order valence-corrected chi connectivity index (χ2v) is 8.07. The number of carbonyl (C=O) groups excluding carboxylic acids is 4. The number of hydrazine groups is 1. The highest BCUT2D eigenvalue weighted by atomic mass is 32.2. The lowest BCUT2D eigenvalue weighted by atomic mass is 10.00. The van der Waals surface area contributed by atoms with Crippen LogP contribution in [0.5, 0.6) is 0 Å². The number of urea groups is 1. The molecule has 1 unspecified atom stereocenters. The van der Waals surface area contributed by atoms with Gasteiger partial charge in [-0.15, -0.1) is 11.8 Å². The van der Waals surface area contributed by atoms with Gasteiger partial charge in [0.2, 0.25) is 0 Å². The van der Waals surface area contributed by atoms with Gasteiger partial charge in [-0.05, 0) is 55.9 Å². The molecule has 3 rings (SSSR count). The molecule has 0 saturated carbocycles. The number of nitrogens with one attached hydrogen (secondary N) is 2. The minimum Gasteiger partial charge on any atom is -0.455 e. The maximum Gasteiger partial charge on any atom is 0.344 e. The van der Waals surface area contributed by atoms with E-state index in [9.17, 15) is 19.2 Å². The van der Waals surface area contributed by atoms with Gasteiger partial charge in [0.25, 0.3) is 11.8 Å². The number of hydrogen-bond acceptors (Lipinski definition) is 6. The van der Waals surface area contributed by atoms with E-state index >= 15 is 0 Å². The van der Waals surface area contributed by atoms with Crippen molar-refractivity contribution in [2.24, 2.45) is 0 Å². The minimum absolute atomic E-state index is 0.0725. The first-order valence-corrected chi connectivity index (χ1v) is 10.2. The topological polar surface area (TPSA) is 105 Å². The molecule has 28 heavy (non-hydrogen) atoms. The quantitative estimate of drug-likeness (QED) is 0.405. The number of hydrogen-bond donors (Lipinski definition) is 2. The number of ether oxygens (including phenoxy) is 1. The summed E-state index contributed by atoms with van der Waals surface area (Å²) in [4.78, 5) is 48.8. The molecule has 1 atom stereocenters. The van der Waals surface area contributed by atoms with Crippen LogP contribution in [0.25, 0.3) is 0 Å². The molecule has 1 heterocycles. The zero-order valence-corrected chi connectivity index (χ0v) is 16.7. The van der Waals surface area contributed by atoms with E-state index in [4.69, 9.17) is 4.74 Å². The SMILES string of the molecule is CCC1(C)NC(=O)N(NC(=O)COC(=O)CSc2ccc3c(c2)CCC3)C1=O. The number of rotatable bonds is 7. The van der Waals surface area contributed by atoms with Gasteiger partial charge in [0.05, 0.1) is 5.75 Å². The van der Waals surface area contributed by atoms with Crippen molar-refractivity contribution >= 4 is 35.6 Å². The first-order chi connectivity index (χ1) is 13.3. The average molecular weight is 405 g/mol. The minimum atomic E-state index is -1.05.